The number of carbonyl (C=O) groups is 1. The second-order valence-electron chi connectivity index (χ2n) is 9.79. The minimum absolute atomic E-state index is 0.124. The summed E-state index contributed by atoms with van der Waals surface area (Å²) in [7, 11) is 3.14. The van der Waals surface area contributed by atoms with Crippen LogP contribution in [0.1, 0.15) is 49.0 Å². The van der Waals surface area contributed by atoms with E-state index >= 15 is 0 Å². The lowest BCUT2D eigenvalue weighted by molar-refractivity contribution is -0.156. The van der Waals surface area contributed by atoms with Crippen molar-refractivity contribution in [2.45, 2.75) is 58.8 Å². The summed E-state index contributed by atoms with van der Waals surface area (Å²) in [6.07, 6.45) is 0.893. The molecule has 0 spiro atoms. The Balaban J connectivity index is 1.48. The lowest BCUT2D eigenvalue weighted by Gasteiger charge is -2.27. The number of carbonyl (C=O) groups excluding carboxylic acids is 1. The van der Waals surface area contributed by atoms with E-state index in [2.05, 4.69) is 17.3 Å². The molecule has 0 aliphatic carbocycles. The van der Waals surface area contributed by atoms with Crippen molar-refractivity contribution in [3.63, 3.8) is 0 Å². The fourth-order valence-corrected chi connectivity index (χ4v) is 4.94. The highest BCUT2D eigenvalue weighted by atomic mass is 16.6. The van der Waals surface area contributed by atoms with Gasteiger partial charge in [0.2, 0.25) is 0 Å². The number of ether oxygens (including phenoxy) is 3. The van der Waals surface area contributed by atoms with Gasteiger partial charge in [-0.25, -0.2) is 9.78 Å². The Morgan fingerprint density at radius 3 is 2.46 bits per heavy atom. The van der Waals surface area contributed by atoms with Crippen LogP contribution in [0, 0.1) is 6.92 Å². The van der Waals surface area contributed by atoms with E-state index < -0.39 is 18.1 Å². The quantitative estimate of drug-likeness (QED) is 0.231. The Bertz CT molecular complexity index is 1500. The summed E-state index contributed by atoms with van der Waals surface area (Å²) in [6, 6.07) is 17.0. The average molecular weight is 562 g/mol. The van der Waals surface area contributed by atoms with Gasteiger partial charge < -0.3 is 19.5 Å². The molecule has 2 aromatic carbocycles. The number of fused-ring (bicyclic) bond motifs is 1. The Morgan fingerprint density at radius 1 is 1.07 bits per heavy atom. The summed E-state index contributed by atoms with van der Waals surface area (Å²) in [5.41, 5.74) is 3.86. The molecule has 0 saturated heterocycles. The van der Waals surface area contributed by atoms with Crippen LogP contribution in [0.3, 0.4) is 0 Å². The number of aromatic nitrogens is 4. The van der Waals surface area contributed by atoms with Crippen LogP contribution in [0.15, 0.2) is 59.4 Å². The third kappa shape index (κ3) is 7.01. The highest BCUT2D eigenvalue weighted by Crippen LogP contribution is 2.24. The van der Waals surface area contributed by atoms with Crippen molar-refractivity contribution in [3.8, 4) is 5.75 Å². The largest absolute Gasteiger partial charge is 0.492 e. The van der Waals surface area contributed by atoms with Crippen LogP contribution in [-0.2, 0) is 40.8 Å². The number of methoxy groups -OCH3 is 1. The lowest BCUT2D eigenvalue weighted by Crippen LogP contribution is -2.40. The van der Waals surface area contributed by atoms with E-state index in [1.54, 1.807) is 16.3 Å². The molecule has 0 aliphatic rings. The Morgan fingerprint density at radius 2 is 1.80 bits per heavy atom. The van der Waals surface area contributed by atoms with Gasteiger partial charge in [-0.05, 0) is 43.5 Å². The van der Waals surface area contributed by atoms with Gasteiger partial charge >= 0.3 is 5.97 Å². The summed E-state index contributed by atoms with van der Waals surface area (Å²) >= 11 is 0. The van der Waals surface area contributed by atoms with E-state index in [0.717, 1.165) is 29.7 Å². The van der Waals surface area contributed by atoms with Crippen LogP contribution in [0.2, 0.25) is 0 Å². The number of hydrogen-bond acceptors (Lipinski definition) is 8. The van der Waals surface area contributed by atoms with Gasteiger partial charge in [0.05, 0.1) is 25.4 Å². The predicted octanol–water partition coefficient (Wildman–Crippen LogP) is 3.88. The average Bonchev–Trinajstić information content (AvgIpc) is 3.29. The molecule has 0 bridgehead atoms. The number of nitrogens with one attached hydrogen (secondary N) is 1. The smallest absolute Gasteiger partial charge is 0.336 e. The first-order chi connectivity index (χ1) is 19.9. The van der Waals surface area contributed by atoms with Crippen LogP contribution < -0.4 is 15.6 Å². The van der Waals surface area contributed by atoms with Gasteiger partial charge in [0.25, 0.3) is 5.56 Å². The van der Waals surface area contributed by atoms with E-state index in [1.165, 1.54) is 7.11 Å². The predicted molar refractivity (Wildman–Crippen MR) is 157 cm³/mol. The molecule has 0 amide bonds. The van der Waals surface area contributed by atoms with Crippen molar-refractivity contribution < 1.29 is 19.0 Å². The van der Waals surface area contributed by atoms with Crippen molar-refractivity contribution in [2.24, 2.45) is 7.05 Å². The molecule has 2 heterocycles. The van der Waals surface area contributed by atoms with E-state index in [4.69, 9.17) is 19.2 Å². The number of benzene rings is 2. The monoisotopic (exact) mass is 561 g/mol. The minimum Gasteiger partial charge on any atom is -0.492 e. The van der Waals surface area contributed by atoms with Gasteiger partial charge in [-0.15, -0.1) is 0 Å². The summed E-state index contributed by atoms with van der Waals surface area (Å²) in [5.74, 6) is 0.829. The zero-order valence-corrected chi connectivity index (χ0v) is 24.4. The second-order valence-corrected chi connectivity index (χ2v) is 9.79. The first-order valence-corrected chi connectivity index (χ1v) is 14.0. The molecule has 218 valence electrons. The van der Waals surface area contributed by atoms with Crippen LogP contribution in [0.25, 0.3) is 11.0 Å². The SMILES string of the molecule is CCCc1nn(C)c2c(=O)n(CCOc3ccc(C(NCc4ccccc4)C(OCC)C(=O)OC)cc3)c(C)nc12. The zero-order valence-electron chi connectivity index (χ0n) is 24.4. The molecular weight excluding hydrogens is 522 g/mol. The molecule has 1 N–H and O–H groups in total. The summed E-state index contributed by atoms with van der Waals surface area (Å²) in [6.45, 7) is 7.30. The van der Waals surface area contributed by atoms with E-state index in [-0.39, 0.29) is 12.2 Å². The third-order valence-corrected chi connectivity index (χ3v) is 6.96. The highest BCUT2D eigenvalue weighted by molar-refractivity contribution is 5.77. The van der Waals surface area contributed by atoms with Gasteiger partial charge in [0.1, 0.15) is 23.7 Å². The maximum absolute atomic E-state index is 13.3. The molecule has 10 nitrogen and oxygen atoms in total. The molecule has 0 saturated carbocycles. The molecule has 41 heavy (non-hydrogen) atoms. The molecule has 2 unspecified atom stereocenters. The van der Waals surface area contributed by atoms with Gasteiger partial charge in [0.15, 0.2) is 11.6 Å². The zero-order chi connectivity index (χ0) is 29.4. The Labute approximate surface area is 240 Å². The lowest BCUT2D eigenvalue weighted by atomic mass is 10.00. The number of aryl methyl sites for hydroxylation is 3. The maximum Gasteiger partial charge on any atom is 0.336 e. The topological polar surface area (TPSA) is 110 Å². The summed E-state index contributed by atoms with van der Waals surface area (Å²) in [5, 5.41) is 7.97. The molecule has 10 heteroatoms. The maximum atomic E-state index is 13.3. The third-order valence-electron chi connectivity index (χ3n) is 6.96. The van der Waals surface area contributed by atoms with Crippen LogP contribution >= 0.6 is 0 Å². The van der Waals surface area contributed by atoms with Crippen molar-refractivity contribution in [1.29, 1.82) is 0 Å². The van der Waals surface area contributed by atoms with Crippen LogP contribution in [0.5, 0.6) is 5.75 Å². The highest BCUT2D eigenvalue weighted by Gasteiger charge is 2.31. The fourth-order valence-electron chi connectivity index (χ4n) is 4.94. The number of hydrogen-bond donors (Lipinski definition) is 1. The minimum atomic E-state index is -0.817. The fraction of sp³-hybridized carbons (Fsp3) is 0.419. The number of rotatable bonds is 14. The number of nitrogens with zero attached hydrogens (tertiary/aromatic N) is 4. The Hall–Kier alpha value is -4.02. The number of esters is 1. The molecule has 2 aromatic heterocycles. The van der Waals surface area contributed by atoms with Crippen LogP contribution in [0.4, 0.5) is 0 Å². The molecular formula is C31H39N5O5. The van der Waals surface area contributed by atoms with Crippen LogP contribution in [-0.4, -0.2) is 51.7 Å². The summed E-state index contributed by atoms with van der Waals surface area (Å²) in [4.78, 5) is 30.6. The first kappa shape index (κ1) is 30.0. The van der Waals surface area contributed by atoms with E-state index in [0.29, 0.717) is 42.3 Å². The standard InChI is InChI=1S/C31H39N5O5/c1-6-11-25-27-28(35(4)34-25)30(37)36(21(3)33-27)18-19-41-24-16-14-23(15-17-24)26(29(40-7-2)31(38)39-5)32-20-22-12-9-8-10-13-22/h8-10,12-17,26,29,32H,6-7,11,18-20H2,1-5H3. The molecule has 2 atom stereocenters. The van der Waals surface area contributed by atoms with Crippen molar-refractivity contribution in [1.82, 2.24) is 24.6 Å². The van der Waals surface area contributed by atoms with Gasteiger partial charge in [-0.2, -0.15) is 5.10 Å². The van der Waals surface area contributed by atoms with E-state index in [1.807, 2.05) is 68.4 Å². The van der Waals surface area contributed by atoms with E-state index in [9.17, 15) is 9.59 Å². The molecule has 4 aromatic rings. The van der Waals surface area contributed by atoms with Crippen molar-refractivity contribution in [2.75, 3.05) is 20.3 Å². The summed E-state index contributed by atoms with van der Waals surface area (Å²) < 4.78 is 20.1. The Kier molecular flexibility index (Phi) is 10.3. The van der Waals surface area contributed by atoms with Crippen molar-refractivity contribution >= 4 is 17.0 Å². The van der Waals surface area contributed by atoms with Gasteiger partial charge in [-0.1, -0.05) is 55.8 Å². The molecule has 0 radical (unpaired) electrons. The molecule has 0 aliphatic heterocycles. The molecule has 4 rings (SSSR count). The van der Waals surface area contributed by atoms with Gasteiger partial charge in [-0.3, -0.25) is 14.0 Å². The normalized spacial score (nSPS) is 12.8. The first-order valence-electron chi connectivity index (χ1n) is 14.0. The molecule has 0 fully saturated rings. The van der Waals surface area contributed by atoms with Crippen molar-refractivity contribution in [3.05, 3.63) is 87.6 Å². The van der Waals surface area contributed by atoms with Gasteiger partial charge in [0, 0.05) is 20.2 Å². The second kappa shape index (κ2) is 14.0.